The number of rotatable bonds is 5. The molecule has 154 valence electrons. The minimum absolute atomic E-state index is 0.0564. The summed E-state index contributed by atoms with van der Waals surface area (Å²) in [6, 6.07) is 18.5. The first kappa shape index (κ1) is 20.0. The standard InChI is InChI=1S/C25H31NO3/c1-28-23-13-11-21(12-14-23)18-26-22(17-20-9-5-4-6-10-20)19-29-25(24(26)27)15-7-2-3-8-16-25/h4-6,9-14,22H,2-3,7-8,15-19H2,1H3. The third kappa shape index (κ3) is 4.48. The zero-order valence-electron chi connectivity index (χ0n) is 17.3. The number of nitrogens with zero attached hydrogens (tertiary/aromatic N) is 1. The van der Waals surface area contributed by atoms with Crippen molar-refractivity contribution in [3.05, 3.63) is 65.7 Å². The highest BCUT2D eigenvalue weighted by atomic mass is 16.5. The van der Waals surface area contributed by atoms with Crippen molar-refractivity contribution in [3.8, 4) is 5.75 Å². The second-order valence-corrected chi connectivity index (χ2v) is 8.34. The first-order valence-electron chi connectivity index (χ1n) is 10.8. The Morgan fingerprint density at radius 3 is 2.31 bits per heavy atom. The number of benzene rings is 2. The molecule has 2 aliphatic rings. The van der Waals surface area contributed by atoms with Crippen LogP contribution in [-0.4, -0.2) is 36.2 Å². The Hall–Kier alpha value is -2.33. The van der Waals surface area contributed by atoms with Crippen LogP contribution in [0.25, 0.3) is 0 Å². The molecule has 2 aromatic rings. The zero-order chi connectivity index (χ0) is 20.1. The van der Waals surface area contributed by atoms with Gasteiger partial charge in [0.1, 0.15) is 11.4 Å². The second-order valence-electron chi connectivity index (χ2n) is 8.34. The van der Waals surface area contributed by atoms with Crippen molar-refractivity contribution >= 4 is 5.91 Å². The lowest BCUT2D eigenvalue weighted by Crippen LogP contribution is -2.60. The number of amides is 1. The van der Waals surface area contributed by atoms with E-state index in [0.29, 0.717) is 13.2 Å². The van der Waals surface area contributed by atoms with Crippen molar-refractivity contribution < 1.29 is 14.3 Å². The Balaban J connectivity index is 1.59. The van der Waals surface area contributed by atoms with Gasteiger partial charge in [-0.25, -0.2) is 0 Å². The highest BCUT2D eigenvalue weighted by molar-refractivity contribution is 5.86. The van der Waals surface area contributed by atoms with Gasteiger partial charge in [-0.05, 0) is 42.5 Å². The number of carbonyl (C=O) groups excluding carboxylic acids is 1. The molecule has 4 heteroatoms. The van der Waals surface area contributed by atoms with Gasteiger partial charge in [-0.3, -0.25) is 4.79 Å². The van der Waals surface area contributed by atoms with Crippen LogP contribution in [0.5, 0.6) is 5.75 Å². The molecule has 1 unspecified atom stereocenters. The van der Waals surface area contributed by atoms with E-state index < -0.39 is 5.60 Å². The van der Waals surface area contributed by atoms with Crippen molar-refractivity contribution in [1.82, 2.24) is 4.90 Å². The number of methoxy groups -OCH3 is 1. The van der Waals surface area contributed by atoms with E-state index in [-0.39, 0.29) is 11.9 Å². The number of ether oxygens (including phenoxy) is 2. The Morgan fingerprint density at radius 1 is 0.966 bits per heavy atom. The maximum absolute atomic E-state index is 13.8. The fourth-order valence-corrected chi connectivity index (χ4v) is 4.68. The summed E-state index contributed by atoms with van der Waals surface area (Å²) in [6.45, 7) is 1.22. The normalized spacial score (nSPS) is 21.8. The van der Waals surface area contributed by atoms with Gasteiger partial charge in [0.25, 0.3) is 5.91 Å². The second kappa shape index (κ2) is 9.00. The Morgan fingerprint density at radius 2 is 1.66 bits per heavy atom. The first-order valence-corrected chi connectivity index (χ1v) is 10.8. The summed E-state index contributed by atoms with van der Waals surface area (Å²) in [4.78, 5) is 15.8. The number of hydrogen-bond donors (Lipinski definition) is 0. The maximum Gasteiger partial charge on any atom is 0.255 e. The van der Waals surface area contributed by atoms with Crippen molar-refractivity contribution in [3.63, 3.8) is 0 Å². The molecule has 2 fully saturated rings. The molecule has 1 saturated carbocycles. The predicted molar refractivity (Wildman–Crippen MR) is 114 cm³/mol. The lowest BCUT2D eigenvalue weighted by Gasteiger charge is -2.46. The van der Waals surface area contributed by atoms with Gasteiger partial charge in [0.15, 0.2) is 0 Å². The highest BCUT2D eigenvalue weighted by Crippen LogP contribution is 2.37. The third-order valence-electron chi connectivity index (χ3n) is 6.38. The Bertz CT molecular complexity index is 795. The van der Waals surface area contributed by atoms with Crippen LogP contribution in [0.1, 0.15) is 49.7 Å². The van der Waals surface area contributed by atoms with Crippen molar-refractivity contribution in [2.75, 3.05) is 13.7 Å². The van der Waals surface area contributed by atoms with Crippen LogP contribution in [0.2, 0.25) is 0 Å². The molecule has 4 nitrogen and oxygen atoms in total. The smallest absolute Gasteiger partial charge is 0.255 e. The summed E-state index contributed by atoms with van der Waals surface area (Å²) in [7, 11) is 1.67. The summed E-state index contributed by atoms with van der Waals surface area (Å²) in [5.74, 6) is 1.02. The molecule has 1 spiro atoms. The molecular formula is C25H31NO3. The Labute approximate surface area is 173 Å². The zero-order valence-corrected chi connectivity index (χ0v) is 17.3. The minimum Gasteiger partial charge on any atom is -0.497 e. The van der Waals surface area contributed by atoms with Crippen molar-refractivity contribution in [1.29, 1.82) is 0 Å². The van der Waals surface area contributed by atoms with Gasteiger partial charge >= 0.3 is 0 Å². The fourth-order valence-electron chi connectivity index (χ4n) is 4.68. The molecule has 1 atom stereocenters. The van der Waals surface area contributed by atoms with E-state index in [1.54, 1.807) is 7.11 Å². The number of carbonyl (C=O) groups is 1. The van der Waals surface area contributed by atoms with E-state index in [4.69, 9.17) is 9.47 Å². The van der Waals surface area contributed by atoms with E-state index in [0.717, 1.165) is 43.4 Å². The molecule has 0 N–H and O–H groups in total. The highest BCUT2D eigenvalue weighted by Gasteiger charge is 2.48. The van der Waals surface area contributed by atoms with E-state index in [1.807, 2.05) is 18.2 Å². The summed E-state index contributed by atoms with van der Waals surface area (Å²) in [6.07, 6.45) is 7.07. The van der Waals surface area contributed by atoms with Crippen LogP contribution >= 0.6 is 0 Å². The van der Waals surface area contributed by atoms with Gasteiger partial charge in [0, 0.05) is 6.54 Å². The van der Waals surface area contributed by atoms with E-state index >= 15 is 0 Å². The van der Waals surface area contributed by atoms with Crippen LogP contribution in [0.15, 0.2) is 54.6 Å². The molecule has 2 aromatic carbocycles. The summed E-state index contributed by atoms with van der Waals surface area (Å²) in [5, 5.41) is 0. The lowest BCUT2D eigenvalue weighted by atomic mass is 9.88. The molecule has 0 radical (unpaired) electrons. The summed E-state index contributed by atoms with van der Waals surface area (Å²) < 4.78 is 11.7. The van der Waals surface area contributed by atoms with Gasteiger partial charge in [-0.1, -0.05) is 68.1 Å². The molecule has 29 heavy (non-hydrogen) atoms. The molecule has 1 aliphatic carbocycles. The average molecular weight is 394 g/mol. The fraction of sp³-hybridized carbons (Fsp3) is 0.480. The molecule has 1 heterocycles. The molecular weight excluding hydrogens is 362 g/mol. The monoisotopic (exact) mass is 393 g/mol. The van der Waals surface area contributed by atoms with Gasteiger partial charge in [-0.15, -0.1) is 0 Å². The summed E-state index contributed by atoms with van der Waals surface area (Å²) in [5.41, 5.74) is 1.75. The SMILES string of the molecule is COc1ccc(CN2C(=O)C3(CCCCCC3)OCC2Cc2ccccc2)cc1. The van der Waals surface area contributed by atoms with Crippen molar-refractivity contribution in [2.45, 2.75) is 63.1 Å². The maximum atomic E-state index is 13.8. The van der Waals surface area contributed by atoms with Gasteiger partial charge in [0.05, 0.1) is 19.8 Å². The third-order valence-corrected chi connectivity index (χ3v) is 6.38. The summed E-state index contributed by atoms with van der Waals surface area (Å²) >= 11 is 0. The topological polar surface area (TPSA) is 38.8 Å². The van der Waals surface area contributed by atoms with E-state index in [1.165, 1.54) is 18.4 Å². The van der Waals surface area contributed by atoms with Crippen molar-refractivity contribution in [2.24, 2.45) is 0 Å². The van der Waals surface area contributed by atoms with E-state index in [2.05, 4.69) is 41.3 Å². The number of hydrogen-bond acceptors (Lipinski definition) is 3. The van der Waals surface area contributed by atoms with Crippen LogP contribution < -0.4 is 4.74 Å². The van der Waals surface area contributed by atoms with Crippen LogP contribution in [-0.2, 0) is 22.5 Å². The average Bonchev–Trinajstić information content (AvgIpc) is 3.01. The molecule has 4 rings (SSSR count). The molecule has 1 saturated heterocycles. The molecule has 0 bridgehead atoms. The Kier molecular flexibility index (Phi) is 6.19. The minimum atomic E-state index is -0.615. The molecule has 0 aromatic heterocycles. The molecule has 1 aliphatic heterocycles. The van der Waals surface area contributed by atoms with E-state index in [9.17, 15) is 4.79 Å². The largest absolute Gasteiger partial charge is 0.497 e. The first-order chi connectivity index (χ1) is 14.2. The van der Waals surface area contributed by atoms with Crippen LogP contribution in [0.3, 0.4) is 0 Å². The van der Waals surface area contributed by atoms with Gasteiger partial charge in [0.2, 0.25) is 0 Å². The molecule has 1 amide bonds. The lowest BCUT2D eigenvalue weighted by molar-refractivity contribution is -0.183. The number of morpholine rings is 1. The van der Waals surface area contributed by atoms with Crippen LogP contribution in [0.4, 0.5) is 0 Å². The van der Waals surface area contributed by atoms with Gasteiger partial charge in [-0.2, -0.15) is 0 Å². The van der Waals surface area contributed by atoms with Gasteiger partial charge < -0.3 is 14.4 Å². The van der Waals surface area contributed by atoms with Crippen LogP contribution in [0, 0.1) is 0 Å². The quantitative estimate of drug-likeness (QED) is 0.735. The predicted octanol–water partition coefficient (Wildman–Crippen LogP) is 4.76.